The van der Waals surface area contributed by atoms with E-state index in [1.165, 1.54) is 0 Å². The van der Waals surface area contributed by atoms with E-state index in [4.69, 9.17) is 38.1 Å². The highest BCUT2D eigenvalue weighted by Gasteiger charge is 2.08. The molecule has 0 saturated heterocycles. The maximum absolute atomic E-state index is 6.02. The fourth-order valence-electron chi connectivity index (χ4n) is 1.79. The van der Waals surface area contributed by atoms with Gasteiger partial charge in [-0.05, 0) is 36.4 Å². The molecule has 6 heteroatoms. The molecule has 1 heterocycles. The summed E-state index contributed by atoms with van der Waals surface area (Å²) in [5, 5.41) is 0.998. The van der Waals surface area contributed by atoms with Crippen LogP contribution in [0.1, 0.15) is 5.89 Å². The molecule has 3 rings (SSSR count). The number of fused-ring (bicyclic) bond motifs is 1. The van der Waals surface area contributed by atoms with E-state index < -0.39 is 0 Å². The number of rotatable bonds is 3. The average molecular weight is 309 g/mol. The standard InChI is InChI=1S/C14H10Cl2N2O2/c15-8-1-3-12(10(16)5-8)19-7-14-18-11-6-9(17)2-4-13(11)20-14/h1-6H,7,17H2. The molecular formula is C14H10Cl2N2O2. The van der Waals surface area contributed by atoms with Crippen LogP contribution >= 0.6 is 23.2 Å². The van der Waals surface area contributed by atoms with Gasteiger partial charge < -0.3 is 14.9 Å². The zero-order valence-electron chi connectivity index (χ0n) is 10.3. The van der Waals surface area contributed by atoms with Crippen molar-refractivity contribution in [3.8, 4) is 5.75 Å². The molecule has 2 aromatic carbocycles. The van der Waals surface area contributed by atoms with Crippen LogP contribution in [0.25, 0.3) is 11.1 Å². The Hall–Kier alpha value is -1.91. The Bertz CT molecular complexity index is 771. The predicted octanol–water partition coefficient (Wildman–Crippen LogP) is 4.30. The summed E-state index contributed by atoms with van der Waals surface area (Å²) in [6, 6.07) is 10.3. The summed E-state index contributed by atoms with van der Waals surface area (Å²) in [7, 11) is 0. The first-order chi connectivity index (χ1) is 9.61. The zero-order chi connectivity index (χ0) is 14.1. The molecule has 0 atom stereocenters. The van der Waals surface area contributed by atoms with Gasteiger partial charge in [0, 0.05) is 10.7 Å². The number of ether oxygens (including phenoxy) is 1. The Kier molecular flexibility index (Phi) is 3.42. The van der Waals surface area contributed by atoms with Crippen LogP contribution in [-0.2, 0) is 6.61 Å². The van der Waals surface area contributed by atoms with Crippen molar-refractivity contribution in [2.45, 2.75) is 6.61 Å². The highest BCUT2D eigenvalue weighted by molar-refractivity contribution is 6.35. The summed E-state index contributed by atoms with van der Waals surface area (Å²) in [6.45, 7) is 0.177. The predicted molar refractivity (Wildman–Crippen MR) is 79.2 cm³/mol. The first kappa shape index (κ1) is 13.1. The maximum atomic E-state index is 6.02. The van der Waals surface area contributed by atoms with Crippen LogP contribution in [0.15, 0.2) is 40.8 Å². The lowest BCUT2D eigenvalue weighted by Gasteiger charge is -2.05. The van der Waals surface area contributed by atoms with E-state index in [0.29, 0.717) is 38.5 Å². The first-order valence-corrected chi connectivity index (χ1v) is 6.60. The van der Waals surface area contributed by atoms with Crippen molar-refractivity contribution in [2.24, 2.45) is 0 Å². The van der Waals surface area contributed by atoms with E-state index in [1.54, 1.807) is 36.4 Å². The van der Waals surface area contributed by atoms with Crippen LogP contribution < -0.4 is 10.5 Å². The van der Waals surface area contributed by atoms with Gasteiger partial charge in [0.1, 0.15) is 11.3 Å². The monoisotopic (exact) mass is 308 g/mol. The third-order valence-electron chi connectivity index (χ3n) is 2.70. The number of nitrogen functional groups attached to an aromatic ring is 1. The SMILES string of the molecule is Nc1ccc2oc(COc3ccc(Cl)cc3Cl)nc2c1. The van der Waals surface area contributed by atoms with Crippen molar-refractivity contribution < 1.29 is 9.15 Å². The third kappa shape index (κ3) is 2.66. The van der Waals surface area contributed by atoms with Gasteiger partial charge in [-0.15, -0.1) is 0 Å². The summed E-state index contributed by atoms with van der Waals surface area (Å²) in [6.07, 6.45) is 0. The summed E-state index contributed by atoms with van der Waals surface area (Å²) in [5.41, 5.74) is 7.69. The van der Waals surface area contributed by atoms with Crippen LogP contribution in [0, 0.1) is 0 Å². The fourth-order valence-corrected chi connectivity index (χ4v) is 2.25. The quantitative estimate of drug-likeness (QED) is 0.733. The highest BCUT2D eigenvalue weighted by Crippen LogP contribution is 2.28. The summed E-state index contributed by atoms with van der Waals surface area (Å²) in [5.74, 6) is 0.981. The molecule has 102 valence electrons. The number of halogens is 2. The van der Waals surface area contributed by atoms with Crippen LogP contribution in [-0.4, -0.2) is 4.98 Å². The molecule has 0 amide bonds. The zero-order valence-corrected chi connectivity index (χ0v) is 11.8. The number of benzene rings is 2. The Morgan fingerprint density at radius 3 is 2.80 bits per heavy atom. The smallest absolute Gasteiger partial charge is 0.233 e. The number of hydrogen-bond donors (Lipinski definition) is 1. The fraction of sp³-hybridized carbons (Fsp3) is 0.0714. The molecular weight excluding hydrogens is 299 g/mol. The maximum Gasteiger partial charge on any atom is 0.233 e. The van der Waals surface area contributed by atoms with Crippen LogP contribution in [0.2, 0.25) is 10.0 Å². The van der Waals surface area contributed by atoms with E-state index in [2.05, 4.69) is 4.98 Å². The molecule has 0 aliphatic rings. The van der Waals surface area contributed by atoms with E-state index in [9.17, 15) is 0 Å². The van der Waals surface area contributed by atoms with Gasteiger partial charge in [-0.1, -0.05) is 23.2 Å². The Morgan fingerprint density at radius 2 is 2.00 bits per heavy atom. The minimum atomic E-state index is 0.177. The van der Waals surface area contributed by atoms with Gasteiger partial charge in [-0.2, -0.15) is 0 Å². The lowest BCUT2D eigenvalue weighted by molar-refractivity contribution is 0.267. The second-order valence-corrected chi connectivity index (χ2v) is 5.04. The lowest BCUT2D eigenvalue weighted by Crippen LogP contribution is -1.95. The van der Waals surface area contributed by atoms with E-state index >= 15 is 0 Å². The number of nitrogens with zero attached hydrogens (tertiary/aromatic N) is 1. The Balaban J connectivity index is 1.79. The van der Waals surface area contributed by atoms with Crippen LogP contribution in [0.3, 0.4) is 0 Å². The van der Waals surface area contributed by atoms with Crippen LogP contribution in [0.4, 0.5) is 5.69 Å². The van der Waals surface area contributed by atoms with Crippen molar-refractivity contribution >= 4 is 40.0 Å². The van der Waals surface area contributed by atoms with Gasteiger partial charge in [0.2, 0.25) is 5.89 Å². The van der Waals surface area contributed by atoms with Crippen LogP contribution in [0.5, 0.6) is 5.75 Å². The minimum absolute atomic E-state index is 0.177. The summed E-state index contributed by atoms with van der Waals surface area (Å²) < 4.78 is 11.1. The number of nitrogens with two attached hydrogens (primary N) is 1. The molecule has 0 aliphatic carbocycles. The molecule has 20 heavy (non-hydrogen) atoms. The van der Waals surface area contributed by atoms with Gasteiger partial charge >= 0.3 is 0 Å². The molecule has 0 saturated carbocycles. The molecule has 1 aromatic heterocycles. The first-order valence-electron chi connectivity index (χ1n) is 5.84. The van der Waals surface area contributed by atoms with E-state index in [-0.39, 0.29) is 6.61 Å². The molecule has 0 radical (unpaired) electrons. The van der Waals surface area contributed by atoms with Gasteiger partial charge in [-0.25, -0.2) is 4.98 Å². The van der Waals surface area contributed by atoms with Gasteiger partial charge in [0.15, 0.2) is 12.2 Å². The molecule has 0 fully saturated rings. The second-order valence-electron chi connectivity index (χ2n) is 4.20. The van der Waals surface area contributed by atoms with Crippen molar-refractivity contribution in [2.75, 3.05) is 5.73 Å². The summed E-state index contributed by atoms with van der Waals surface area (Å²) in [4.78, 5) is 4.30. The van der Waals surface area contributed by atoms with E-state index in [1.807, 2.05) is 0 Å². The summed E-state index contributed by atoms with van der Waals surface area (Å²) >= 11 is 11.8. The molecule has 4 nitrogen and oxygen atoms in total. The molecule has 0 unspecified atom stereocenters. The Morgan fingerprint density at radius 1 is 1.15 bits per heavy atom. The Labute approximate surface area is 125 Å². The van der Waals surface area contributed by atoms with Crippen molar-refractivity contribution in [1.29, 1.82) is 0 Å². The van der Waals surface area contributed by atoms with Crippen molar-refractivity contribution in [3.05, 3.63) is 52.3 Å². The normalized spacial score (nSPS) is 10.9. The minimum Gasteiger partial charge on any atom is -0.482 e. The van der Waals surface area contributed by atoms with Gasteiger partial charge in [0.05, 0.1) is 5.02 Å². The molecule has 0 spiro atoms. The number of hydrogen-bond acceptors (Lipinski definition) is 4. The van der Waals surface area contributed by atoms with Crippen molar-refractivity contribution in [1.82, 2.24) is 4.98 Å². The van der Waals surface area contributed by atoms with Crippen molar-refractivity contribution in [3.63, 3.8) is 0 Å². The lowest BCUT2D eigenvalue weighted by atomic mass is 10.3. The van der Waals surface area contributed by atoms with Gasteiger partial charge in [-0.3, -0.25) is 0 Å². The molecule has 0 aliphatic heterocycles. The topological polar surface area (TPSA) is 61.3 Å². The molecule has 2 N–H and O–H groups in total. The highest BCUT2D eigenvalue weighted by atomic mass is 35.5. The molecule has 3 aromatic rings. The number of oxazole rings is 1. The number of aromatic nitrogens is 1. The largest absolute Gasteiger partial charge is 0.482 e. The second kappa shape index (κ2) is 5.23. The number of anilines is 1. The van der Waals surface area contributed by atoms with E-state index in [0.717, 1.165) is 0 Å². The molecule has 0 bridgehead atoms. The third-order valence-corrected chi connectivity index (χ3v) is 3.23. The van der Waals surface area contributed by atoms with Gasteiger partial charge in [0.25, 0.3) is 0 Å². The average Bonchev–Trinajstić information content (AvgIpc) is 2.79.